The quantitative estimate of drug-likeness (QED) is 0.150. The third-order valence-corrected chi connectivity index (χ3v) is 13.9. The van der Waals surface area contributed by atoms with Crippen LogP contribution in [0.3, 0.4) is 0 Å². The van der Waals surface area contributed by atoms with E-state index >= 15 is 0 Å². The van der Waals surface area contributed by atoms with E-state index in [9.17, 15) is 0 Å². The molecule has 0 bridgehead atoms. The number of aromatic nitrogens is 3. The Morgan fingerprint density at radius 2 is 1.03 bits per heavy atom. The van der Waals surface area contributed by atoms with Crippen molar-refractivity contribution in [3.8, 4) is 39.5 Å². The van der Waals surface area contributed by atoms with Crippen molar-refractivity contribution in [2.75, 3.05) is 4.90 Å². The Hall–Kier alpha value is -8.38. The average molecular weight is 847 g/mol. The summed E-state index contributed by atoms with van der Waals surface area (Å²) in [6.45, 7) is 0. The highest BCUT2D eigenvalue weighted by molar-refractivity contribution is 7.25. The van der Waals surface area contributed by atoms with Crippen molar-refractivity contribution in [1.29, 1.82) is 0 Å². The smallest absolute Gasteiger partial charge is 0.160 e. The van der Waals surface area contributed by atoms with Crippen LogP contribution in [-0.4, -0.2) is 14.5 Å². The molecule has 0 aliphatic rings. The molecule has 0 aliphatic heterocycles. The summed E-state index contributed by atoms with van der Waals surface area (Å²) < 4.78 is 4.90. The van der Waals surface area contributed by atoms with Gasteiger partial charge in [0, 0.05) is 75.5 Å². The standard InChI is InChI=1S/C60H38N4S/c1-4-16-39(17-5-1)50-37-52-48-25-13-15-27-56(48)65-57(52)38-55(50)63(45-33-35-54-51(36-45)47-24-12-14-26-53(47)64(54)43-21-8-3-9-22-43)44-31-28-42(29-32-44)60-61-58(41-19-6-2-7-20-41)49-34-30-40-18-10-11-23-46(40)59(49)62-60/h1-38H. The van der Waals surface area contributed by atoms with Gasteiger partial charge < -0.3 is 9.47 Å². The molecule has 4 nitrogen and oxygen atoms in total. The lowest BCUT2D eigenvalue weighted by molar-refractivity contribution is 1.18. The van der Waals surface area contributed by atoms with E-state index in [1.807, 2.05) is 11.3 Å². The van der Waals surface area contributed by atoms with E-state index < -0.39 is 0 Å². The first-order valence-corrected chi connectivity index (χ1v) is 22.8. The van der Waals surface area contributed by atoms with Gasteiger partial charge in [-0.1, -0.05) is 146 Å². The molecular weight excluding hydrogens is 809 g/mol. The second kappa shape index (κ2) is 15.2. The molecule has 0 saturated heterocycles. The van der Waals surface area contributed by atoms with Crippen LogP contribution in [0.2, 0.25) is 0 Å². The Bertz CT molecular complexity index is 3930. The van der Waals surface area contributed by atoms with Crippen LogP contribution >= 0.6 is 11.3 Å². The second-order valence-corrected chi connectivity index (χ2v) is 17.6. The number of hydrogen-bond donors (Lipinski definition) is 0. The summed E-state index contributed by atoms with van der Waals surface area (Å²) in [6, 6.07) is 82.8. The molecule has 0 spiro atoms. The molecule has 10 aromatic carbocycles. The summed E-state index contributed by atoms with van der Waals surface area (Å²) in [5.41, 5.74) is 12.9. The highest BCUT2D eigenvalue weighted by Crippen LogP contribution is 2.48. The minimum atomic E-state index is 0.692. The topological polar surface area (TPSA) is 34.0 Å². The lowest BCUT2D eigenvalue weighted by Crippen LogP contribution is -2.11. The van der Waals surface area contributed by atoms with Crippen LogP contribution in [0.4, 0.5) is 17.1 Å². The van der Waals surface area contributed by atoms with Crippen LogP contribution in [0.15, 0.2) is 231 Å². The van der Waals surface area contributed by atoms with Crippen LogP contribution in [0.5, 0.6) is 0 Å². The Kier molecular flexibility index (Phi) is 8.68. The fourth-order valence-electron chi connectivity index (χ4n) is 9.75. The summed E-state index contributed by atoms with van der Waals surface area (Å²) >= 11 is 1.85. The molecule has 13 aromatic rings. The molecule has 304 valence electrons. The maximum absolute atomic E-state index is 5.32. The molecule has 0 radical (unpaired) electrons. The molecule has 0 amide bonds. The van der Waals surface area contributed by atoms with Gasteiger partial charge in [-0.15, -0.1) is 11.3 Å². The predicted octanol–water partition coefficient (Wildman–Crippen LogP) is 16.7. The maximum Gasteiger partial charge on any atom is 0.160 e. The monoisotopic (exact) mass is 846 g/mol. The van der Waals surface area contributed by atoms with E-state index in [1.165, 1.54) is 36.5 Å². The first kappa shape index (κ1) is 37.2. The molecular formula is C60H38N4S. The fraction of sp³-hybridized carbons (Fsp3) is 0. The van der Waals surface area contributed by atoms with Crippen molar-refractivity contribution in [2.24, 2.45) is 0 Å². The van der Waals surface area contributed by atoms with Crippen molar-refractivity contribution >= 4 is 92.1 Å². The highest BCUT2D eigenvalue weighted by atomic mass is 32.1. The molecule has 3 aromatic heterocycles. The number of para-hydroxylation sites is 2. The molecule has 0 aliphatic carbocycles. The molecule has 13 rings (SSSR count). The van der Waals surface area contributed by atoms with E-state index in [4.69, 9.17) is 9.97 Å². The van der Waals surface area contributed by atoms with Crippen LogP contribution in [-0.2, 0) is 0 Å². The maximum atomic E-state index is 5.32. The molecule has 0 saturated carbocycles. The predicted molar refractivity (Wildman–Crippen MR) is 275 cm³/mol. The lowest BCUT2D eigenvalue weighted by atomic mass is 9.98. The van der Waals surface area contributed by atoms with Gasteiger partial charge in [-0.2, -0.15) is 0 Å². The number of nitrogens with zero attached hydrogens (tertiary/aromatic N) is 4. The van der Waals surface area contributed by atoms with Crippen LogP contribution in [0.1, 0.15) is 0 Å². The minimum absolute atomic E-state index is 0.692. The number of hydrogen-bond acceptors (Lipinski definition) is 4. The van der Waals surface area contributed by atoms with Gasteiger partial charge in [-0.05, 0) is 95.9 Å². The van der Waals surface area contributed by atoms with E-state index in [0.717, 1.165) is 77.9 Å². The normalized spacial score (nSPS) is 11.7. The number of fused-ring (bicyclic) bond motifs is 9. The van der Waals surface area contributed by atoms with Crippen LogP contribution < -0.4 is 4.90 Å². The van der Waals surface area contributed by atoms with Crippen molar-refractivity contribution in [1.82, 2.24) is 14.5 Å². The molecule has 0 atom stereocenters. The van der Waals surface area contributed by atoms with Gasteiger partial charge in [0.15, 0.2) is 5.82 Å². The Labute approximate surface area is 379 Å². The number of anilines is 3. The average Bonchev–Trinajstić information content (AvgIpc) is 3.91. The molecule has 0 fully saturated rings. The lowest BCUT2D eigenvalue weighted by Gasteiger charge is -2.28. The molecule has 0 N–H and O–H groups in total. The molecule has 3 heterocycles. The van der Waals surface area contributed by atoms with Crippen molar-refractivity contribution in [3.05, 3.63) is 231 Å². The van der Waals surface area contributed by atoms with Gasteiger partial charge in [0.2, 0.25) is 0 Å². The molecule has 0 unspecified atom stereocenters. The zero-order valence-corrected chi connectivity index (χ0v) is 36.0. The van der Waals surface area contributed by atoms with Gasteiger partial charge >= 0.3 is 0 Å². The van der Waals surface area contributed by atoms with Crippen LogP contribution in [0.25, 0.3) is 103 Å². The summed E-state index contributed by atoms with van der Waals surface area (Å²) in [6.07, 6.45) is 0. The SMILES string of the molecule is c1ccc(-c2cc3c(cc2N(c2ccc(-c4nc(-c5ccccc5)c5ccc6ccccc6c5n4)cc2)c2ccc4c(c2)c2ccccc2n4-c2ccccc2)sc2ccccc23)cc1. The van der Waals surface area contributed by atoms with Crippen molar-refractivity contribution in [2.45, 2.75) is 0 Å². The largest absolute Gasteiger partial charge is 0.310 e. The zero-order valence-electron chi connectivity index (χ0n) is 35.1. The van der Waals surface area contributed by atoms with Gasteiger partial charge in [0.25, 0.3) is 0 Å². The summed E-state index contributed by atoms with van der Waals surface area (Å²) in [7, 11) is 0. The first-order valence-electron chi connectivity index (χ1n) is 22.0. The van der Waals surface area contributed by atoms with E-state index in [1.54, 1.807) is 0 Å². The van der Waals surface area contributed by atoms with Crippen molar-refractivity contribution < 1.29 is 0 Å². The number of rotatable bonds is 7. The van der Waals surface area contributed by atoms with E-state index in [2.05, 4.69) is 240 Å². The Morgan fingerprint density at radius 1 is 0.385 bits per heavy atom. The summed E-state index contributed by atoms with van der Waals surface area (Å²) in [5, 5.41) is 8.25. The Morgan fingerprint density at radius 3 is 1.83 bits per heavy atom. The van der Waals surface area contributed by atoms with Crippen LogP contribution in [0, 0.1) is 0 Å². The van der Waals surface area contributed by atoms with Gasteiger partial charge in [-0.3, -0.25) is 0 Å². The highest BCUT2D eigenvalue weighted by Gasteiger charge is 2.23. The first-order chi connectivity index (χ1) is 32.2. The Balaban J connectivity index is 1.05. The molecule has 65 heavy (non-hydrogen) atoms. The van der Waals surface area contributed by atoms with Crippen molar-refractivity contribution in [3.63, 3.8) is 0 Å². The van der Waals surface area contributed by atoms with Gasteiger partial charge in [0.1, 0.15) is 0 Å². The summed E-state index contributed by atoms with van der Waals surface area (Å²) in [4.78, 5) is 13.1. The van der Waals surface area contributed by atoms with Gasteiger partial charge in [-0.25, -0.2) is 9.97 Å². The zero-order chi connectivity index (χ0) is 42.8. The van der Waals surface area contributed by atoms with E-state index in [0.29, 0.717) is 5.82 Å². The number of benzene rings is 10. The minimum Gasteiger partial charge on any atom is -0.310 e. The van der Waals surface area contributed by atoms with E-state index in [-0.39, 0.29) is 0 Å². The van der Waals surface area contributed by atoms with Gasteiger partial charge in [0.05, 0.1) is 27.9 Å². The fourth-order valence-corrected chi connectivity index (χ4v) is 10.9. The second-order valence-electron chi connectivity index (χ2n) is 16.5. The third-order valence-electron chi connectivity index (χ3n) is 12.8. The molecule has 5 heteroatoms. The number of thiophene rings is 1. The third kappa shape index (κ3) is 6.20. The summed E-state index contributed by atoms with van der Waals surface area (Å²) in [5.74, 6) is 0.692.